The van der Waals surface area contributed by atoms with Crippen LogP contribution in [0.15, 0.2) is 24.7 Å². The Hall–Kier alpha value is -2.41. The fourth-order valence-corrected chi connectivity index (χ4v) is 3.74. The first kappa shape index (κ1) is 17.0. The molecule has 138 valence electrons. The number of aromatic amines is 1. The summed E-state index contributed by atoms with van der Waals surface area (Å²) in [5, 5.41) is 16.8. The fraction of sp³-hybridized carbons (Fsp3) is 0.526. The molecular formula is C19H26N6O. The van der Waals surface area contributed by atoms with Gasteiger partial charge in [-0.2, -0.15) is 10.2 Å². The second-order valence-electron chi connectivity index (χ2n) is 7.53. The van der Waals surface area contributed by atoms with Gasteiger partial charge in [0.15, 0.2) is 0 Å². The van der Waals surface area contributed by atoms with Gasteiger partial charge in [-0.05, 0) is 46.6 Å². The van der Waals surface area contributed by atoms with E-state index in [-0.39, 0.29) is 12.2 Å². The molecule has 1 aliphatic rings. The van der Waals surface area contributed by atoms with Crippen LogP contribution < -0.4 is 5.32 Å². The molecule has 0 amide bonds. The molecule has 7 nitrogen and oxygen atoms in total. The summed E-state index contributed by atoms with van der Waals surface area (Å²) in [6.07, 6.45) is 8.17. The van der Waals surface area contributed by atoms with Crippen molar-refractivity contribution in [2.24, 2.45) is 0 Å². The number of fused-ring (bicyclic) bond motifs is 1. The second-order valence-corrected chi connectivity index (χ2v) is 7.53. The van der Waals surface area contributed by atoms with Crippen LogP contribution in [0.4, 0.5) is 5.82 Å². The fourth-order valence-electron chi connectivity index (χ4n) is 3.74. The minimum absolute atomic E-state index is 0.253. The van der Waals surface area contributed by atoms with E-state index in [9.17, 15) is 0 Å². The topological polar surface area (TPSA) is 80.7 Å². The Balaban J connectivity index is 1.70. The van der Waals surface area contributed by atoms with Gasteiger partial charge in [-0.3, -0.25) is 9.78 Å². The van der Waals surface area contributed by atoms with Gasteiger partial charge in [-0.25, -0.2) is 4.98 Å². The third kappa shape index (κ3) is 3.19. The molecule has 0 radical (unpaired) electrons. The second kappa shape index (κ2) is 6.72. The molecule has 1 unspecified atom stereocenters. The third-order valence-electron chi connectivity index (χ3n) is 4.92. The van der Waals surface area contributed by atoms with Crippen LogP contribution in [0.5, 0.6) is 0 Å². The molecule has 4 rings (SSSR count). The van der Waals surface area contributed by atoms with E-state index in [1.54, 1.807) is 0 Å². The van der Waals surface area contributed by atoms with Crippen molar-refractivity contribution in [1.82, 2.24) is 25.0 Å². The summed E-state index contributed by atoms with van der Waals surface area (Å²) in [6.45, 7) is 8.48. The Kier molecular flexibility index (Phi) is 4.40. The molecule has 1 aliphatic heterocycles. The van der Waals surface area contributed by atoms with Crippen LogP contribution in [0.2, 0.25) is 0 Å². The van der Waals surface area contributed by atoms with Gasteiger partial charge in [0.25, 0.3) is 0 Å². The lowest BCUT2D eigenvalue weighted by Crippen LogP contribution is -2.37. The maximum absolute atomic E-state index is 5.85. The van der Waals surface area contributed by atoms with E-state index in [1.165, 1.54) is 0 Å². The highest BCUT2D eigenvalue weighted by atomic mass is 16.5. The van der Waals surface area contributed by atoms with E-state index >= 15 is 0 Å². The minimum Gasteiger partial charge on any atom is -0.375 e. The van der Waals surface area contributed by atoms with E-state index in [1.807, 2.05) is 29.3 Å². The summed E-state index contributed by atoms with van der Waals surface area (Å²) in [5.74, 6) is 0.870. The van der Waals surface area contributed by atoms with Gasteiger partial charge in [0.05, 0.1) is 29.3 Å². The highest BCUT2D eigenvalue weighted by Gasteiger charge is 2.26. The Labute approximate surface area is 153 Å². The molecule has 1 fully saturated rings. The normalized spacial score (nSPS) is 23.7. The average Bonchev–Trinajstić information content (AvgIpc) is 3.21. The zero-order chi connectivity index (χ0) is 18.3. The molecule has 4 heterocycles. The number of rotatable bonds is 4. The molecular weight excluding hydrogens is 328 g/mol. The number of hydrogen-bond acceptors (Lipinski definition) is 5. The zero-order valence-corrected chi connectivity index (χ0v) is 15.7. The van der Waals surface area contributed by atoms with Crippen molar-refractivity contribution < 1.29 is 4.74 Å². The summed E-state index contributed by atoms with van der Waals surface area (Å²) in [7, 11) is 0. The van der Waals surface area contributed by atoms with Crippen LogP contribution in [0, 0.1) is 0 Å². The minimum atomic E-state index is 0.253. The van der Waals surface area contributed by atoms with Crippen LogP contribution in [0.25, 0.3) is 22.2 Å². The van der Waals surface area contributed by atoms with Crippen molar-refractivity contribution in [3.05, 3.63) is 24.7 Å². The smallest absolute Gasteiger partial charge is 0.137 e. The predicted molar refractivity (Wildman–Crippen MR) is 102 cm³/mol. The van der Waals surface area contributed by atoms with Crippen molar-refractivity contribution in [3.63, 3.8) is 0 Å². The Morgan fingerprint density at radius 2 is 2.04 bits per heavy atom. The first-order valence-electron chi connectivity index (χ1n) is 9.31. The lowest BCUT2D eigenvalue weighted by Gasteiger charge is -2.32. The Morgan fingerprint density at radius 1 is 1.27 bits per heavy atom. The summed E-state index contributed by atoms with van der Waals surface area (Å²) in [6, 6.07) is 2.61. The van der Waals surface area contributed by atoms with E-state index in [0.717, 1.165) is 40.8 Å². The molecule has 0 aromatic carbocycles. The number of nitrogens with one attached hydrogen (secondary N) is 2. The van der Waals surface area contributed by atoms with Crippen molar-refractivity contribution >= 4 is 16.7 Å². The van der Waals surface area contributed by atoms with Crippen molar-refractivity contribution in [2.45, 2.75) is 64.8 Å². The van der Waals surface area contributed by atoms with Gasteiger partial charge in [-0.15, -0.1) is 0 Å². The maximum Gasteiger partial charge on any atom is 0.137 e. The molecule has 3 atom stereocenters. The van der Waals surface area contributed by atoms with Crippen LogP contribution in [0.3, 0.4) is 0 Å². The van der Waals surface area contributed by atoms with Crippen LogP contribution in [-0.2, 0) is 4.74 Å². The molecule has 3 aromatic heterocycles. The third-order valence-corrected chi connectivity index (χ3v) is 4.92. The molecule has 0 saturated carbocycles. The van der Waals surface area contributed by atoms with E-state index in [0.29, 0.717) is 12.1 Å². The number of hydrogen-bond donors (Lipinski definition) is 2. The summed E-state index contributed by atoms with van der Waals surface area (Å²) < 4.78 is 7.80. The molecule has 0 spiro atoms. The summed E-state index contributed by atoms with van der Waals surface area (Å²) >= 11 is 0. The average molecular weight is 354 g/mol. The van der Waals surface area contributed by atoms with Crippen LogP contribution >= 0.6 is 0 Å². The summed E-state index contributed by atoms with van der Waals surface area (Å²) in [5.41, 5.74) is 2.85. The number of anilines is 1. The Morgan fingerprint density at radius 3 is 2.73 bits per heavy atom. The first-order valence-corrected chi connectivity index (χ1v) is 9.31. The maximum atomic E-state index is 5.85. The molecule has 0 bridgehead atoms. The quantitative estimate of drug-likeness (QED) is 0.745. The lowest BCUT2D eigenvalue weighted by atomic mass is 9.99. The predicted octanol–water partition coefficient (Wildman–Crippen LogP) is 3.77. The van der Waals surface area contributed by atoms with E-state index in [2.05, 4.69) is 53.3 Å². The van der Waals surface area contributed by atoms with Crippen LogP contribution in [0.1, 0.15) is 46.6 Å². The summed E-state index contributed by atoms with van der Waals surface area (Å²) in [4.78, 5) is 4.61. The zero-order valence-electron chi connectivity index (χ0n) is 15.7. The molecule has 3 aromatic rings. The number of H-pyrrole nitrogens is 1. The van der Waals surface area contributed by atoms with Crippen molar-refractivity contribution in [2.75, 3.05) is 5.32 Å². The van der Waals surface area contributed by atoms with Crippen molar-refractivity contribution in [3.8, 4) is 11.3 Å². The molecule has 2 N–H and O–H groups in total. The molecule has 0 aliphatic carbocycles. The van der Waals surface area contributed by atoms with Gasteiger partial charge < -0.3 is 10.1 Å². The van der Waals surface area contributed by atoms with Gasteiger partial charge in [-0.1, -0.05) is 0 Å². The van der Waals surface area contributed by atoms with E-state index < -0.39 is 0 Å². The van der Waals surface area contributed by atoms with Gasteiger partial charge in [0, 0.05) is 30.0 Å². The van der Waals surface area contributed by atoms with Crippen LogP contribution in [-0.4, -0.2) is 43.2 Å². The highest BCUT2D eigenvalue weighted by molar-refractivity contribution is 6.00. The number of pyridine rings is 1. The van der Waals surface area contributed by atoms with Gasteiger partial charge in [0.2, 0.25) is 0 Å². The lowest BCUT2D eigenvalue weighted by molar-refractivity contribution is -0.0338. The standard InChI is InChI=1S/C19H26N6O/c1-11(2)25-10-14(9-21-25)18-17-16(23-24-18)5-6-20-19(17)22-15-7-12(3)26-13(4)8-15/h5-6,9-13,15H,7-8H2,1-4H3,(H,20,22)(H,23,24)/t12-,13+,15?. The Bertz CT molecular complexity index is 888. The highest BCUT2D eigenvalue weighted by Crippen LogP contribution is 2.32. The number of aromatic nitrogens is 5. The van der Waals surface area contributed by atoms with Crippen molar-refractivity contribution in [1.29, 1.82) is 0 Å². The molecule has 26 heavy (non-hydrogen) atoms. The molecule has 7 heteroatoms. The SMILES string of the molecule is CC(C)n1cc(-c2n[nH]c3ccnc(NC4C[C@@H](C)O[C@@H](C)C4)c23)cn1. The monoisotopic (exact) mass is 354 g/mol. The first-order chi connectivity index (χ1) is 12.5. The molecule has 1 saturated heterocycles. The van der Waals surface area contributed by atoms with E-state index in [4.69, 9.17) is 4.74 Å². The van der Waals surface area contributed by atoms with Gasteiger partial charge >= 0.3 is 0 Å². The number of ether oxygens (including phenoxy) is 1. The van der Waals surface area contributed by atoms with Gasteiger partial charge in [0.1, 0.15) is 11.5 Å². The number of nitrogens with zero attached hydrogens (tertiary/aromatic N) is 4. The largest absolute Gasteiger partial charge is 0.375 e.